The fourth-order valence-electron chi connectivity index (χ4n) is 2.12. The Bertz CT molecular complexity index is 891. The maximum Gasteiger partial charge on any atom is 0.103 e. The summed E-state index contributed by atoms with van der Waals surface area (Å²) in [5.74, 6) is 0. The average Bonchev–Trinajstić information content (AvgIpc) is 3.12. The van der Waals surface area contributed by atoms with Crippen molar-refractivity contribution < 1.29 is 0 Å². The first kappa shape index (κ1) is 13.8. The van der Waals surface area contributed by atoms with Crippen molar-refractivity contribution in [1.29, 1.82) is 0 Å². The Balaban J connectivity index is 0.000000126. The zero-order valence-corrected chi connectivity index (χ0v) is 13.4. The molecule has 0 aliphatic heterocycles. The maximum atomic E-state index is 4.18. The van der Waals surface area contributed by atoms with Crippen LogP contribution in [0, 0.1) is 13.8 Å². The molecular weight excluding hydrogens is 328 g/mol. The van der Waals surface area contributed by atoms with E-state index in [2.05, 4.69) is 67.9 Å². The van der Waals surface area contributed by atoms with E-state index in [9.17, 15) is 0 Å². The smallest absolute Gasteiger partial charge is 0.103 e. The molecule has 2 aromatic heterocycles. The number of benzene rings is 2. The van der Waals surface area contributed by atoms with Gasteiger partial charge in [-0.3, -0.25) is 0 Å². The number of nitrogens with zero attached hydrogens (tertiary/aromatic N) is 2. The lowest BCUT2D eigenvalue weighted by atomic mass is 10.2. The highest BCUT2D eigenvalue weighted by Crippen LogP contribution is 2.24. The second kappa shape index (κ2) is 5.69. The van der Waals surface area contributed by atoms with Gasteiger partial charge in [-0.1, -0.05) is 12.1 Å². The van der Waals surface area contributed by atoms with E-state index in [1.165, 1.54) is 11.1 Å². The minimum absolute atomic E-state index is 1.00. The molecule has 4 nitrogen and oxygen atoms in total. The van der Waals surface area contributed by atoms with E-state index in [0.29, 0.717) is 0 Å². The van der Waals surface area contributed by atoms with Gasteiger partial charge in [0.25, 0.3) is 0 Å². The Morgan fingerprint density at radius 1 is 0.905 bits per heavy atom. The van der Waals surface area contributed by atoms with Gasteiger partial charge in [-0.15, -0.1) is 0 Å². The van der Waals surface area contributed by atoms with Gasteiger partial charge in [-0.2, -0.15) is 0 Å². The summed E-state index contributed by atoms with van der Waals surface area (Å²) >= 11 is 3.48. The van der Waals surface area contributed by atoms with Gasteiger partial charge in [0.1, 0.15) is 5.52 Å². The van der Waals surface area contributed by atoms with Crippen LogP contribution in [0.25, 0.3) is 22.1 Å². The Hall–Kier alpha value is -2.14. The van der Waals surface area contributed by atoms with E-state index < -0.39 is 0 Å². The summed E-state index contributed by atoms with van der Waals surface area (Å²) in [5, 5.41) is 0. The van der Waals surface area contributed by atoms with E-state index in [0.717, 1.165) is 26.5 Å². The Morgan fingerprint density at radius 3 is 2.52 bits per heavy atom. The normalized spacial score (nSPS) is 10.6. The topological polar surface area (TPSA) is 57.4 Å². The van der Waals surface area contributed by atoms with Crippen LogP contribution in [-0.2, 0) is 0 Å². The van der Waals surface area contributed by atoms with Crippen LogP contribution in [-0.4, -0.2) is 19.9 Å². The number of aryl methyl sites for hydroxylation is 2. The third kappa shape index (κ3) is 2.83. The molecule has 5 heteroatoms. The number of halogens is 1. The third-order valence-corrected chi connectivity index (χ3v) is 4.30. The summed E-state index contributed by atoms with van der Waals surface area (Å²) in [6.07, 6.45) is 3.42. The van der Waals surface area contributed by atoms with Crippen molar-refractivity contribution in [2.24, 2.45) is 0 Å². The predicted octanol–water partition coefficient (Wildman–Crippen LogP) is 4.51. The summed E-state index contributed by atoms with van der Waals surface area (Å²) < 4.78 is 1.08. The highest BCUT2D eigenvalue weighted by molar-refractivity contribution is 9.10. The van der Waals surface area contributed by atoms with E-state index >= 15 is 0 Å². The minimum Gasteiger partial charge on any atom is -0.345 e. The van der Waals surface area contributed by atoms with Crippen molar-refractivity contribution >= 4 is 38.0 Å². The van der Waals surface area contributed by atoms with Crippen LogP contribution in [0.15, 0.2) is 47.5 Å². The van der Waals surface area contributed by atoms with Crippen LogP contribution in [0.4, 0.5) is 0 Å². The molecule has 0 fully saturated rings. The van der Waals surface area contributed by atoms with Gasteiger partial charge < -0.3 is 9.97 Å². The van der Waals surface area contributed by atoms with Crippen LogP contribution < -0.4 is 0 Å². The molecule has 0 bridgehead atoms. The fourth-order valence-corrected chi connectivity index (χ4v) is 2.57. The van der Waals surface area contributed by atoms with Crippen molar-refractivity contribution in [2.45, 2.75) is 13.8 Å². The number of fused-ring (bicyclic) bond motifs is 2. The monoisotopic (exact) mass is 342 g/mol. The highest BCUT2D eigenvalue weighted by Gasteiger charge is 2.02. The van der Waals surface area contributed by atoms with Gasteiger partial charge >= 0.3 is 0 Å². The second-order valence-electron chi connectivity index (χ2n) is 4.92. The molecule has 0 saturated heterocycles. The molecule has 0 aliphatic carbocycles. The molecule has 4 aromatic rings. The molecule has 0 spiro atoms. The zero-order valence-electron chi connectivity index (χ0n) is 11.8. The molecule has 21 heavy (non-hydrogen) atoms. The van der Waals surface area contributed by atoms with Crippen LogP contribution >= 0.6 is 15.9 Å². The molecule has 2 N–H and O–H groups in total. The average molecular weight is 343 g/mol. The zero-order chi connectivity index (χ0) is 14.8. The molecule has 106 valence electrons. The van der Waals surface area contributed by atoms with Crippen LogP contribution in [0.1, 0.15) is 11.1 Å². The lowest BCUT2D eigenvalue weighted by Gasteiger charge is -1.96. The van der Waals surface area contributed by atoms with Gasteiger partial charge in [0.05, 0.1) is 29.2 Å². The summed E-state index contributed by atoms with van der Waals surface area (Å²) in [7, 11) is 0. The van der Waals surface area contributed by atoms with E-state index in [1.807, 2.05) is 12.1 Å². The quantitative estimate of drug-likeness (QED) is 0.494. The van der Waals surface area contributed by atoms with E-state index in [1.54, 1.807) is 12.7 Å². The molecule has 2 aromatic carbocycles. The SMILES string of the molecule is Cc1ccc2[nH]cnc2c1Br.Cc1ccc2nc[nH]c2c1. The molecule has 0 radical (unpaired) electrons. The lowest BCUT2D eigenvalue weighted by molar-refractivity contribution is 1.34. The number of aromatic nitrogens is 4. The van der Waals surface area contributed by atoms with Gasteiger partial charge in [0, 0.05) is 4.47 Å². The number of H-pyrrole nitrogens is 2. The Labute approximate surface area is 130 Å². The van der Waals surface area contributed by atoms with Crippen molar-refractivity contribution in [3.05, 3.63) is 58.6 Å². The van der Waals surface area contributed by atoms with E-state index in [-0.39, 0.29) is 0 Å². The third-order valence-electron chi connectivity index (χ3n) is 3.30. The van der Waals surface area contributed by atoms with Gasteiger partial charge in [-0.05, 0) is 59.1 Å². The second-order valence-corrected chi connectivity index (χ2v) is 5.71. The standard InChI is InChI=1S/C8H7BrN2.C8H8N2/c1-5-2-3-6-8(7(5)9)11-4-10-6;1-6-2-3-7-8(4-6)10-5-9-7/h2-4H,1H3,(H,10,11);2-5H,1H3,(H,9,10). The summed E-state index contributed by atoms with van der Waals surface area (Å²) in [6.45, 7) is 4.12. The molecule has 0 saturated carbocycles. The molecule has 0 amide bonds. The summed E-state index contributed by atoms with van der Waals surface area (Å²) in [4.78, 5) is 14.4. The van der Waals surface area contributed by atoms with E-state index in [4.69, 9.17) is 0 Å². The van der Waals surface area contributed by atoms with Crippen molar-refractivity contribution in [3.8, 4) is 0 Å². The number of nitrogens with one attached hydrogen (secondary N) is 2. The first-order chi connectivity index (χ1) is 10.1. The first-order valence-electron chi connectivity index (χ1n) is 6.63. The van der Waals surface area contributed by atoms with Gasteiger partial charge in [0.2, 0.25) is 0 Å². The Kier molecular flexibility index (Phi) is 3.75. The van der Waals surface area contributed by atoms with Crippen LogP contribution in [0.5, 0.6) is 0 Å². The first-order valence-corrected chi connectivity index (χ1v) is 7.42. The summed E-state index contributed by atoms with van der Waals surface area (Å²) in [5.41, 5.74) is 6.69. The van der Waals surface area contributed by atoms with Crippen LogP contribution in [0.2, 0.25) is 0 Å². The van der Waals surface area contributed by atoms with Gasteiger partial charge in [0.15, 0.2) is 0 Å². The minimum atomic E-state index is 1.00. The predicted molar refractivity (Wildman–Crippen MR) is 89.4 cm³/mol. The van der Waals surface area contributed by atoms with Crippen molar-refractivity contribution in [1.82, 2.24) is 19.9 Å². The van der Waals surface area contributed by atoms with Crippen molar-refractivity contribution in [3.63, 3.8) is 0 Å². The number of hydrogen-bond donors (Lipinski definition) is 2. The fraction of sp³-hybridized carbons (Fsp3) is 0.125. The molecule has 0 atom stereocenters. The largest absolute Gasteiger partial charge is 0.345 e. The Morgan fingerprint density at radius 2 is 1.67 bits per heavy atom. The number of hydrogen-bond acceptors (Lipinski definition) is 2. The maximum absolute atomic E-state index is 4.18. The molecule has 4 rings (SSSR count). The van der Waals surface area contributed by atoms with Crippen molar-refractivity contribution in [2.75, 3.05) is 0 Å². The summed E-state index contributed by atoms with van der Waals surface area (Å²) in [6, 6.07) is 10.2. The molecular formula is C16H15BrN4. The molecule has 0 unspecified atom stereocenters. The van der Waals surface area contributed by atoms with Gasteiger partial charge in [-0.25, -0.2) is 9.97 Å². The number of imidazole rings is 2. The number of aromatic amines is 2. The number of rotatable bonds is 0. The molecule has 2 heterocycles. The molecule has 0 aliphatic rings. The lowest BCUT2D eigenvalue weighted by Crippen LogP contribution is -1.77. The van der Waals surface area contributed by atoms with Crippen LogP contribution in [0.3, 0.4) is 0 Å². The highest BCUT2D eigenvalue weighted by atomic mass is 79.9.